The zero-order valence-electron chi connectivity index (χ0n) is 11.3. The largest absolute Gasteiger partial charge is 0.497 e. The fourth-order valence-corrected chi connectivity index (χ4v) is 1.83. The van der Waals surface area contributed by atoms with Crippen molar-refractivity contribution in [3.05, 3.63) is 53.8 Å². The van der Waals surface area contributed by atoms with Gasteiger partial charge in [0.2, 0.25) is 0 Å². The van der Waals surface area contributed by atoms with Crippen molar-refractivity contribution in [2.75, 3.05) is 24.8 Å². The molecule has 2 aromatic carbocycles. The average Bonchev–Trinajstić information content (AvgIpc) is 2.48. The fraction of sp³-hybridized carbons (Fsp3) is 0.133. The molecule has 2 N–H and O–H groups in total. The van der Waals surface area contributed by atoms with E-state index in [4.69, 9.17) is 10.5 Å². The molecule has 0 aliphatic carbocycles. The number of nitrogens with zero attached hydrogens (tertiary/aromatic N) is 1. The van der Waals surface area contributed by atoms with Gasteiger partial charge in [-0.2, -0.15) is 0 Å². The van der Waals surface area contributed by atoms with Crippen molar-refractivity contribution >= 4 is 17.3 Å². The lowest BCUT2D eigenvalue weighted by Gasteiger charge is -2.18. The van der Waals surface area contributed by atoms with E-state index in [-0.39, 0.29) is 17.2 Å². The molecule has 0 spiro atoms. The highest BCUT2D eigenvalue weighted by molar-refractivity contribution is 6.09. The highest BCUT2D eigenvalue weighted by Gasteiger charge is 2.17. The minimum absolute atomic E-state index is 0.141. The Morgan fingerprint density at radius 2 is 1.85 bits per heavy atom. The topological polar surface area (TPSA) is 55.6 Å². The maximum Gasteiger partial charge on any atom is 0.260 e. The van der Waals surface area contributed by atoms with Gasteiger partial charge in [-0.25, -0.2) is 4.39 Å². The molecule has 5 heteroatoms. The number of nitrogen functional groups attached to an aromatic ring is 1. The van der Waals surface area contributed by atoms with E-state index in [1.807, 2.05) is 0 Å². The zero-order valence-corrected chi connectivity index (χ0v) is 11.3. The number of anilines is 2. The van der Waals surface area contributed by atoms with E-state index in [1.165, 1.54) is 23.1 Å². The highest BCUT2D eigenvalue weighted by atomic mass is 19.1. The van der Waals surface area contributed by atoms with Gasteiger partial charge in [0.1, 0.15) is 11.6 Å². The Kier molecular flexibility index (Phi) is 3.89. The van der Waals surface area contributed by atoms with Crippen LogP contribution in [-0.2, 0) is 0 Å². The second-order valence-electron chi connectivity index (χ2n) is 4.26. The summed E-state index contributed by atoms with van der Waals surface area (Å²) < 4.78 is 18.4. The van der Waals surface area contributed by atoms with Crippen molar-refractivity contribution < 1.29 is 13.9 Å². The Hall–Kier alpha value is -2.56. The summed E-state index contributed by atoms with van der Waals surface area (Å²) in [4.78, 5) is 13.7. The quantitative estimate of drug-likeness (QED) is 0.875. The molecule has 0 atom stereocenters. The fourth-order valence-electron chi connectivity index (χ4n) is 1.83. The van der Waals surface area contributed by atoms with Crippen molar-refractivity contribution in [2.45, 2.75) is 0 Å². The summed E-state index contributed by atoms with van der Waals surface area (Å²) in [5.41, 5.74) is 6.27. The Bertz CT molecular complexity index is 626. The molecule has 0 radical (unpaired) electrons. The summed E-state index contributed by atoms with van der Waals surface area (Å²) in [6, 6.07) is 11.2. The predicted molar refractivity (Wildman–Crippen MR) is 76.5 cm³/mol. The molecule has 0 bridgehead atoms. The van der Waals surface area contributed by atoms with Gasteiger partial charge in [-0.3, -0.25) is 4.79 Å². The van der Waals surface area contributed by atoms with Crippen LogP contribution in [0, 0.1) is 5.82 Å². The van der Waals surface area contributed by atoms with Gasteiger partial charge >= 0.3 is 0 Å². The van der Waals surface area contributed by atoms with E-state index in [9.17, 15) is 9.18 Å². The van der Waals surface area contributed by atoms with E-state index in [2.05, 4.69) is 0 Å². The van der Waals surface area contributed by atoms with Gasteiger partial charge < -0.3 is 15.4 Å². The van der Waals surface area contributed by atoms with Crippen LogP contribution in [0.4, 0.5) is 15.8 Å². The van der Waals surface area contributed by atoms with Crippen LogP contribution in [0.5, 0.6) is 5.75 Å². The van der Waals surface area contributed by atoms with Crippen molar-refractivity contribution in [3.8, 4) is 5.75 Å². The van der Waals surface area contributed by atoms with Crippen molar-refractivity contribution in [1.29, 1.82) is 0 Å². The number of hydrogen-bond donors (Lipinski definition) is 1. The molecule has 2 rings (SSSR count). The molecule has 0 aliphatic heterocycles. The van der Waals surface area contributed by atoms with Crippen molar-refractivity contribution in [3.63, 3.8) is 0 Å². The minimum Gasteiger partial charge on any atom is -0.497 e. The number of carbonyl (C=O) groups excluding carboxylic acids is 1. The predicted octanol–water partition coefficient (Wildman–Crippen LogP) is 2.69. The molecule has 0 heterocycles. The maximum absolute atomic E-state index is 13.4. The molecule has 0 saturated carbocycles. The van der Waals surface area contributed by atoms with Crippen LogP contribution in [0.15, 0.2) is 42.5 Å². The average molecular weight is 274 g/mol. The molecule has 1 amide bonds. The molecule has 2 aromatic rings. The number of halogens is 1. The lowest BCUT2D eigenvalue weighted by Crippen LogP contribution is -2.27. The normalized spacial score (nSPS) is 10.2. The number of nitrogens with two attached hydrogens (primary N) is 1. The minimum atomic E-state index is -0.598. The van der Waals surface area contributed by atoms with Gasteiger partial charge in [-0.05, 0) is 36.4 Å². The van der Waals surface area contributed by atoms with Gasteiger partial charge in [-0.1, -0.05) is 6.07 Å². The molecule has 0 aliphatic rings. The smallest absolute Gasteiger partial charge is 0.260 e. The monoisotopic (exact) mass is 274 g/mol. The first-order valence-electron chi connectivity index (χ1n) is 6.00. The first kappa shape index (κ1) is 13.9. The number of benzene rings is 2. The lowest BCUT2D eigenvalue weighted by atomic mass is 10.1. The van der Waals surface area contributed by atoms with Gasteiger partial charge in [0.05, 0.1) is 18.4 Å². The van der Waals surface area contributed by atoms with Crippen LogP contribution in [-0.4, -0.2) is 20.1 Å². The van der Waals surface area contributed by atoms with E-state index in [0.29, 0.717) is 11.4 Å². The summed E-state index contributed by atoms with van der Waals surface area (Å²) in [5.74, 6) is -0.272. The SMILES string of the molecule is COc1ccc(N(C)C(=O)c2cccc(F)c2N)cc1. The summed E-state index contributed by atoms with van der Waals surface area (Å²) >= 11 is 0. The van der Waals surface area contributed by atoms with Crippen LogP contribution in [0.3, 0.4) is 0 Å². The van der Waals surface area contributed by atoms with Crippen LogP contribution in [0.2, 0.25) is 0 Å². The molecule has 0 fully saturated rings. The Labute approximate surface area is 116 Å². The summed E-state index contributed by atoms with van der Waals surface area (Å²) in [6.07, 6.45) is 0. The van der Waals surface area contributed by atoms with Gasteiger partial charge in [0.15, 0.2) is 0 Å². The first-order chi connectivity index (χ1) is 9.54. The number of rotatable bonds is 3. The van der Waals surface area contributed by atoms with Gasteiger partial charge in [0, 0.05) is 12.7 Å². The highest BCUT2D eigenvalue weighted by Crippen LogP contribution is 2.22. The summed E-state index contributed by atoms with van der Waals surface area (Å²) in [6.45, 7) is 0. The third kappa shape index (κ3) is 2.56. The van der Waals surface area contributed by atoms with Crippen molar-refractivity contribution in [2.24, 2.45) is 0 Å². The van der Waals surface area contributed by atoms with Crippen LogP contribution >= 0.6 is 0 Å². The number of carbonyl (C=O) groups is 1. The summed E-state index contributed by atoms with van der Waals surface area (Å²) in [5, 5.41) is 0. The molecule has 4 nitrogen and oxygen atoms in total. The van der Waals surface area contributed by atoms with Gasteiger partial charge in [-0.15, -0.1) is 0 Å². The maximum atomic E-state index is 13.4. The molecule has 0 saturated heterocycles. The standard InChI is InChI=1S/C15H15FN2O2/c1-18(10-6-8-11(20-2)9-7-10)15(19)12-4-3-5-13(16)14(12)17/h3-9H,17H2,1-2H3. The Morgan fingerprint density at radius 3 is 2.45 bits per heavy atom. The molecule has 20 heavy (non-hydrogen) atoms. The second kappa shape index (κ2) is 5.61. The van der Waals surface area contributed by atoms with Crippen LogP contribution < -0.4 is 15.4 Å². The first-order valence-corrected chi connectivity index (χ1v) is 6.00. The van der Waals surface area contributed by atoms with Gasteiger partial charge in [0.25, 0.3) is 5.91 Å². The third-order valence-electron chi connectivity index (χ3n) is 3.05. The molecular formula is C15H15FN2O2. The number of methoxy groups -OCH3 is 1. The Balaban J connectivity index is 2.29. The Morgan fingerprint density at radius 1 is 1.20 bits per heavy atom. The van der Waals surface area contributed by atoms with E-state index < -0.39 is 5.82 Å². The van der Waals surface area contributed by atoms with E-state index in [1.54, 1.807) is 38.4 Å². The second-order valence-corrected chi connectivity index (χ2v) is 4.26. The molecule has 0 unspecified atom stereocenters. The van der Waals surface area contributed by atoms with Crippen LogP contribution in [0.25, 0.3) is 0 Å². The number of ether oxygens (including phenoxy) is 1. The molecule has 104 valence electrons. The molecule has 0 aromatic heterocycles. The zero-order chi connectivity index (χ0) is 14.7. The lowest BCUT2D eigenvalue weighted by molar-refractivity contribution is 0.0993. The van der Waals surface area contributed by atoms with Crippen LogP contribution in [0.1, 0.15) is 10.4 Å². The molecular weight excluding hydrogens is 259 g/mol. The number of amides is 1. The van der Waals surface area contributed by atoms with Crippen molar-refractivity contribution in [1.82, 2.24) is 0 Å². The van der Waals surface area contributed by atoms with E-state index in [0.717, 1.165) is 0 Å². The van der Waals surface area contributed by atoms with E-state index >= 15 is 0 Å². The summed E-state index contributed by atoms with van der Waals surface area (Å²) in [7, 11) is 3.17. The third-order valence-corrected chi connectivity index (χ3v) is 3.05. The number of para-hydroxylation sites is 1. The number of hydrogen-bond acceptors (Lipinski definition) is 3.